The Morgan fingerprint density at radius 1 is 0.964 bits per heavy atom. The zero-order valence-corrected chi connectivity index (χ0v) is 18.5. The minimum Gasteiger partial charge on any atom is -0.447 e. The van der Waals surface area contributed by atoms with Gasteiger partial charge in [-0.15, -0.1) is 0 Å². The topological polar surface area (TPSA) is 46.3 Å². The van der Waals surface area contributed by atoms with Crippen molar-refractivity contribution in [3.8, 4) is 0 Å². The average molecular weight is 452 g/mol. The molecule has 0 unspecified atom stereocenters. The van der Waals surface area contributed by atoms with Gasteiger partial charge in [0.1, 0.15) is 0 Å². The van der Waals surface area contributed by atoms with Gasteiger partial charge in [0.25, 0.3) is 8.32 Å². The highest BCUT2D eigenvalue weighted by atomic mass is 79.9. The van der Waals surface area contributed by atoms with Gasteiger partial charge >= 0.3 is 0 Å². The molecular formula is C23H22BrNO2Si. The van der Waals surface area contributed by atoms with Crippen molar-refractivity contribution in [2.24, 2.45) is 0 Å². The zero-order chi connectivity index (χ0) is 19.8. The molecule has 2 aromatic heterocycles. The van der Waals surface area contributed by atoms with Crippen LogP contribution in [-0.2, 0) is 6.42 Å². The number of pyridine rings is 1. The maximum Gasteiger partial charge on any atom is 0.258 e. The zero-order valence-electron chi connectivity index (χ0n) is 15.9. The molecule has 0 bridgehead atoms. The van der Waals surface area contributed by atoms with Gasteiger partial charge in [0, 0.05) is 17.1 Å². The molecule has 0 aliphatic carbocycles. The van der Waals surface area contributed by atoms with Gasteiger partial charge in [0.2, 0.25) is 0 Å². The van der Waals surface area contributed by atoms with Crippen LogP contribution < -0.4 is 10.4 Å². The van der Waals surface area contributed by atoms with Crippen molar-refractivity contribution in [3.63, 3.8) is 0 Å². The van der Waals surface area contributed by atoms with Crippen LogP contribution in [0, 0.1) is 0 Å². The van der Waals surface area contributed by atoms with E-state index in [1.807, 2.05) is 66.7 Å². The lowest BCUT2D eigenvalue weighted by Gasteiger charge is -2.41. The highest BCUT2D eigenvalue weighted by Crippen LogP contribution is 2.42. The van der Waals surface area contributed by atoms with E-state index in [4.69, 9.17) is 4.42 Å². The molecule has 0 aliphatic rings. The van der Waals surface area contributed by atoms with Gasteiger partial charge in [-0.1, -0.05) is 74.5 Å². The van der Waals surface area contributed by atoms with Crippen molar-refractivity contribution < 1.29 is 9.21 Å². The molecule has 0 spiro atoms. The van der Waals surface area contributed by atoms with E-state index in [1.165, 1.54) is 0 Å². The summed E-state index contributed by atoms with van der Waals surface area (Å²) < 4.78 is 6.57. The van der Waals surface area contributed by atoms with Crippen molar-refractivity contribution in [2.75, 3.05) is 0 Å². The van der Waals surface area contributed by atoms with Crippen molar-refractivity contribution in [2.45, 2.75) is 25.3 Å². The molecule has 4 aromatic rings. The normalized spacial score (nSPS) is 12.4. The summed E-state index contributed by atoms with van der Waals surface area (Å²) in [4.78, 5) is 16.5. The molecule has 0 aliphatic heterocycles. The van der Waals surface area contributed by atoms with E-state index >= 15 is 0 Å². The number of rotatable bonds is 5. The molecule has 0 atom stereocenters. The van der Waals surface area contributed by atoms with Crippen molar-refractivity contribution in [1.29, 1.82) is 0 Å². The summed E-state index contributed by atoms with van der Waals surface area (Å²) in [5, 5.41) is 2.67. The number of hydrogen-bond acceptors (Lipinski definition) is 3. The summed E-state index contributed by atoms with van der Waals surface area (Å²) in [5.41, 5.74) is 1.82. The molecule has 0 saturated heterocycles. The molecule has 0 fully saturated rings. The lowest BCUT2D eigenvalue weighted by atomic mass is 10.0. The molecular weight excluding hydrogens is 430 g/mol. The molecule has 0 amide bonds. The van der Waals surface area contributed by atoms with Crippen LogP contribution in [0.1, 0.15) is 19.4 Å². The van der Waals surface area contributed by atoms with E-state index in [9.17, 15) is 4.80 Å². The van der Waals surface area contributed by atoms with Crippen LogP contribution in [0.4, 0.5) is 0 Å². The predicted octanol–water partition coefficient (Wildman–Crippen LogP) is 4.67. The van der Waals surface area contributed by atoms with E-state index in [0.717, 1.165) is 26.9 Å². The summed E-state index contributed by atoms with van der Waals surface area (Å²) in [5.74, 6) is 0. The molecule has 2 heterocycles. The number of furan rings is 1. The standard InChI is InChI=1S/C23H22BrNO2Si/c1-23(2,15-20-19-13-14-25-16-21(19)27-22(20)24)28(26,17-9-5-3-6-10-17)18-11-7-4-8-12-18/h3-14,16,26H,15H2,1-2H3. The minimum absolute atomic E-state index is 0.391. The van der Waals surface area contributed by atoms with E-state index in [-0.39, 0.29) is 0 Å². The molecule has 0 saturated carbocycles. The van der Waals surface area contributed by atoms with Crippen LogP contribution in [-0.4, -0.2) is 18.1 Å². The summed E-state index contributed by atoms with van der Waals surface area (Å²) in [6.45, 7) is 4.32. The van der Waals surface area contributed by atoms with E-state index in [0.29, 0.717) is 11.1 Å². The maximum absolute atomic E-state index is 12.3. The van der Waals surface area contributed by atoms with Crippen molar-refractivity contribution in [3.05, 3.63) is 89.4 Å². The largest absolute Gasteiger partial charge is 0.447 e. The van der Waals surface area contributed by atoms with Gasteiger partial charge in [-0.05, 0) is 43.8 Å². The Morgan fingerprint density at radius 2 is 1.54 bits per heavy atom. The Balaban J connectivity index is 1.87. The second-order valence-corrected chi connectivity index (χ2v) is 12.4. The third-order valence-corrected chi connectivity index (χ3v) is 10.6. The Bertz CT molecular complexity index is 1050. The minimum atomic E-state index is -3.07. The van der Waals surface area contributed by atoms with Crippen LogP contribution in [0.5, 0.6) is 0 Å². The second-order valence-electron chi connectivity index (χ2n) is 7.73. The van der Waals surface area contributed by atoms with E-state index in [2.05, 4.69) is 34.8 Å². The SMILES string of the molecule is CC(C)(Cc1c(Br)oc2cnccc12)[Si](O)(c1ccccc1)c1ccccc1. The smallest absolute Gasteiger partial charge is 0.258 e. The van der Waals surface area contributed by atoms with E-state index in [1.54, 1.807) is 12.4 Å². The van der Waals surface area contributed by atoms with Gasteiger partial charge < -0.3 is 9.21 Å². The number of halogens is 1. The van der Waals surface area contributed by atoms with E-state index < -0.39 is 13.4 Å². The van der Waals surface area contributed by atoms with Gasteiger partial charge in [-0.3, -0.25) is 4.98 Å². The van der Waals surface area contributed by atoms with Crippen LogP contribution in [0.3, 0.4) is 0 Å². The van der Waals surface area contributed by atoms with Gasteiger partial charge in [-0.2, -0.15) is 0 Å². The molecule has 0 radical (unpaired) electrons. The first-order valence-electron chi connectivity index (χ1n) is 9.28. The molecule has 142 valence electrons. The van der Waals surface area contributed by atoms with Crippen LogP contribution in [0.25, 0.3) is 11.0 Å². The number of aromatic nitrogens is 1. The molecule has 2 aromatic carbocycles. The first-order valence-corrected chi connectivity index (χ1v) is 12.0. The molecule has 5 heteroatoms. The summed E-state index contributed by atoms with van der Waals surface area (Å²) >= 11 is 3.58. The number of fused-ring (bicyclic) bond motifs is 1. The quantitative estimate of drug-likeness (QED) is 0.448. The first kappa shape index (κ1) is 19.1. The maximum atomic E-state index is 12.3. The number of nitrogens with zero attached hydrogens (tertiary/aromatic N) is 1. The van der Waals surface area contributed by atoms with Crippen LogP contribution >= 0.6 is 15.9 Å². The van der Waals surface area contributed by atoms with Gasteiger partial charge in [-0.25, -0.2) is 0 Å². The van der Waals surface area contributed by atoms with Crippen LogP contribution in [0.2, 0.25) is 5.04 Å². The van der Waals surface area contributed by atoms with Crippen LogP contribution in [0.15, 0.2) is 88.2 Å². The van der Waals surface area contributed by atoms with Crippen molar-refractivity contribution in [1.82, 2.24) is 4.98 Å². The van der Waals surface area contributed by atoms with Crippen molar-refractivity contribution >= 4 is 45.6 Å². The van der Waals surface area contributed by atoms with Gasteiger partial charge in [0.15, 0.2) is 10.3 Å². The Kier molecular flexibility index (Phi) is 4.99. The average Bonchev–Trinajstić information content (AvgIpc) is 3.03. The molecule has 4 rings (SSSR count). The summed E-state index contributed by atoms with van der Waals surface area (Å²) in [6, 6.07) is 22.2. The Morgan fingerprint density at radius 3 is 2.11 bits per heavy atom. The molecule has 3 nitrogen and oxygen atoms in total. The fraction of sp³-hybridized carbons (Fsp3) is 0.174. The molecule has 1 N–H and O–H groups in total. The second kappa shape index (κ2) is 7.31. The fourth-order valence-electron chi connectivity index (χ4n) is 4.02. The van der Waals surface area contributed by atoms with Gasteiger partial charge in [0.05, 0.1) is 6.20 Å². The number of hydrogen-bond donors (Lipinski definition) is 1. The lowest BCUT2D eigenvalue weighted by Crippen LogP contribution is -2.65. The highest BCUT2D eigenvalue weighted by Gasteiger charge is 2.50. The summed E-state index contributed by atoms with van der Waals surface area (Å²) in [6.07, 6.45) is 4.19. The highest BCUT2D eigenvalue weighted by molar-refractivity contribution is 9.10. The molecule has 28 heavy (non-hydrogen) atoms. The summed E-state index contributed by atoms with van der Waals surface area (Å²) in [7, 11) is -3.07. The fourth-order valence-corrected chi connectivity index (χ4v) is 8.22. The Hall–Kier alpha value is -2.21. The third-order valence-electron chi connectivity index (χ3n) is 5.53. The first-order chi connectivity index (χ1) is 13.4. The predicted molar refractivity (Wildman–Crippen MR) is 120 cm³/mol. The number of benzene rings is 2. The monoisotopic (exact) mass is 451 g/mol. The third kappa shape index (κ3) is 3.13. The lowest BCUT2D eigenvalue weighted by molar-refractivity contribution is 0.481. The Labute approximate surface area is 174 Å².